The largest absolute Gasteiger partial charge is 0.522 e. The van der Waals surface area contributed by atoms with Gasteiger partial charge in [0.05, 0.1) is 23.2 Å². The fraction of sp³-hybridized carbons (Fsp3) is 0.333. The maximum Gasteiger partial charge on any atom is 0.522 e. The van der Waals surface area contributed by atoms with Crippen molar-refractivity contribution in [2.45, 2.75) is 11.3 Å². The highest BCUT2D eigenvalue weighted by Crippen LogP contribution is 2.16. The first-order valence-electron chi connectivity index (χ1n) is 4.33. The van der Waals surface area contributed by atoms with E-state index >= 15 is 0 Å². The zero-order chi connectivity index (χ0) is 12.2. The van der Waals surface area contributed by atoms with E-state index in [1.54, 1.807) is 0 Å². The van der Waals surface area contributed by atoms with Gasteiger partial charge in [-0.25, -0.2) is 0 Å². The third-order valence-electron chi connectivity index (χ3n) is 1.68. The number of benzene rings is 1. The van der Waals surface area contributed by atoms with E-state index in [0.717, 1.165) is 0 Å². The van der Waals surface area contributed by atoms with Crippen molar-refractivity contribution in [3.05, 3.63) is 24.3 Å². The maximum atomic E-state index is 11.6. The Balaban J connectivity index is 2.44. The molecule has 0 radical (unpaired) electrons. The van der Waals surface area contributed by atoms with Crippen LogP contribution in [0.5, 0.6) is 0 Å². The first-order valence-corrected chi connectivity index (χ1v) is 5.65. The molecule has 0 saturated heterocycles. The Labute approximate surface area is 92.9 Å². The molecule has 0 aromatic heterocycles. The van der Waals surface area contributed by atoms with Gasteiger partial charge in [0.1, 0.15) is 0 Å². The SMILES string of the molecule is Nc1ccc(S(=O)CCOC(F)(F)F)cc1. The molecule has 0 bridgehead atoms. The monoisotopic (exact) mass is 253 g/mol. The van der Waals surface area contributed by atoms with Gasteiger partial charge >= 0.3 is 6.36 Å². The average molecular weight is 253 g/mol. The molecule has 0 aliphatic heterocycles. The molecule has 2 N–H and O–H groups in total. The summed E-state index contributed by atoms with van der Waals surface area (Å²) in [6, 6.07) is 6.10. The summed E-state index contributed by atoms with van der Waals surface area (Å²) < 4.78 is 49.9. The van der Waals surface area contributed by atoms with Gasteiger partial charge in [-0.15, -0.1) is 13.2 Å². The lowest BCUT2D eigenvalue weighted by Gasteiger charge is -2.07. The highest BCUT2D eigenvalue weighted by Gasteiger charge is 2.28. The van der Waals surface area contributed by atoms with Crippen LogP contribution < -0.4 is 5.73 Å². The number of hydrogen-bond acceptors (Lipinski definition) is 3. The Hall–Kier alpha value is -1.08. The quantitative estimate of drug-likeness (QED) is 0.834. The van der Waals surface area contributed by atoms with Gasteiger partial charge in [-0.05, 0) is 24.3 Å². The number of hydrogen-bond donors (Lipinski definition) is 1. The first kappa shape index (κ1) is 13.0. The normalized spacial score (nSPS) is 13.7. The van der Waals surface area contributed by atoms with Crippen LogP contribution in [-0.2, 0) is 15.5 Å². The second-order valence-corrected chi connectivity index (χ2v) is 4.48. The standard InChI is InChI=1S/C9H10F3NO2S/c10-9(11,12)15-5-6-16(14)8-3-1-7(13)2-4-8/h1-4H,5-6,13H2. The average Bonchev–Trinajstić information content (AvgIpc) is 2.16. The van der Waals surface area contributed by atoms with E-state index in [4.69, 9.17) is 5.73 Å². The summed E-state index contributed by atoms with van der Waals surface area (Å²) in [5.74, 6) is -0.205. The topological polar surface area (TPSA) is 52.3 Å². The van der Waals surface area contributed by atoms with E-state index in [1.165, 1.54) is 24.3 Å². The number of nitrogens with two attached hydrogens (primary N) is 1. The number of anilines is 1. The molecule has 1 rings (SSSR count). The van der Waals surface area contributed by atoms with Crippen molar-refractivity contribution < 1.29 is 22.1 Å². The minimum atomic E-state index is -4.68. The lowest BCUT2D eigenvalue weighted by molar-refractivity contribution is -0.322. The van der Waals surface area contributed by atoms with Crippen molar-refractivity contribution in [1.82, 2.24) is 0 Å². The van der Waals surface area contributed by atoms with Crippen LogP contribution in [0.4, 0.5) is 18.9 Å². The zero-order valence-electron chi connectivity index (χ0n) is 8.16. The van der Waals surface area contributed by atoms with Gasteiger partial charge in [0.25, 0.3) is 0 Å². The van der Waals surface area contributed by atoms with Crippen LogP contribution in [0.15, 0.2) is 29.2 Å². The molecule has 1 aromatic carbocycles. The Morgan fingerprint density at radius 1 is 1.25 bits per heavy atom. The molecule has 0 fully saturated rings. The van der Waals surface area contributed by atoms with Gasteiger partial charge in [-0.2, -0.15) is 0 Å². The van der Waals surface area contributed by atoms with E-state index in [9.17, 15) is 17.4 Å². The molecule has 0 aliphatic rings. The molecule has 16 heavy (non-hydrogen) atoms. The van der Waals surface area contributed by atoms with Gasteiger partial charge < -0.3 is 5.73 Å². The number of alkyl halides is 3. The number of rotatable bonds is 4. The lowest BCUT2D eigenvalue weighted by atomic mass is 10.3. The first-order chi connectivity index (χ1) is 7.38. The minimum absolute atomic E-state index is 0.205. The molecular formula is C9H10F3NO2S. The van der Waals surface area contributed by atoms with Crippen molar-refractivity contribution in [3.63, 3.8) is 0 Å². The molecule has 1 aromatic rings. The number of halogens is 3. The molecule has 0 heterocycles. The van der Waals surface area contributed by atoms with E-state index in [2.05, 4.69) is 4.74 Å². The second kappa shape index (κ2) is 5.31. The van der Waals surface area contributed by atoms with Crippen molar-refractivity contribution in [2.24, 2.45) is 0 Å². The van der Waals surface area contributed by atoms with Gasteiger partial charge in [-0.3, -0.25) is 8.95 Å². The Bertz CT molecular complexity index is 364. The Kier molecular flexibility index (Phi) is 4.31. The molecule has 7 heteroatoms. The van der Waals surface area contributed by atoms with Crippen molar-refractivity contribution in [3.8, 4) is 0 Å². The summed E-state index contributed by atoms with van der Waals surface area (Å²) in [5, 5.41) is 0. The lowest BCUT2D eigenvalue weighted by Crippen LogP contribution is -2.17. The highest BCUT2D eigenvalue weighted by molar-refractivity contribution is 7.85. The maximum absolute atomic E-state index is 11.6. The van der Waals surface area contributed by atoms with E-state index in [0.29, 0.717) is 10.6 Å². The van der Waals surface area contributed by atoms with Gasteiger partial charge in [0.2, 0.25) is 0 Å². The van der Waals surface area contributed by atoms with Crippen LogP contribution in [0, 0.1) is 0 Å². The van der Waals surface area contributed by atoms with E-state index in [-0.39, 0.29) is 5.75 Å². The van der Waals surface area contributed by atoms with Gasteiger partial charge in [0.15, 0.2) is 0 Å². The summed E-state index contributed by atoms with van der Waals surface area (Å²) in [4.78, 5) is 0.431. The van der Waals surface area contributed by atoms with Crippen LogP contribution >= 0.6 is 0 Å². The molecule has 3 nitrogen and oxygen atoms in total. The third kappa shape index (κ3) is 4.63. The summed E-state index contributed by atoms with van der Waals surface area (Å²) in [6.07, 6.45) is -4.68. The Morgan fingerprint density at radius 2 is 1.81 bits per heavy atom. The molecule has 1 unspecified atom stereocenters. The molecule has 0 aliphatic carbocycles. The molecule has 0 spiro atoms. The minimum Gasteiger partial charge on any atom is -0.399 e. The van der Waals surface area contributed by atoms with Crippen molar-refractivity contribution in [1.29, 1.82) is 0 Å². The summed E-state index contributed by atoms with van der Waals surface area (Å²) in [5.41, 5.74) is 5.92. The van der Waals surface area contributed by atoms with Crippen LogP contribution in [0.1, 0.15) is 0 Å². The number of nitrogen functional groups attached to an aromatic ring is 1. The van der Waals surface area contributed by atoms with Crippen LogP contribution in [-0.4, -0.2) is 22.9 Å². The molecular weight excluding hydrogens is 243 g/mol. The van der Waals surface area contributed by atoms with Crippen molar-refractivity contribution >= 4 is 16.5 Å². The summed E-state index contributed by atoms with van der Waals surface area (Å²) >= 11 is 0. The third-order valence-corrected chi connectivity index (χ3v) is 3.01. The van der Waals surface area contributed by atoms with Gasteiger partial charge in [0, 0.05) is 10.6 Å². The smallest absolute Gasteiger partial charge is 0.399 e. The van der Waals surface area contributed by atoms with Crippen LogP contribution in [0.3, 0.4) is 0 Å². The summed E-state index contributed by atoms with van der Waals surface area (Å²) in [6.45, 7) is -0.625. The summed E-state index contributed by atoms with van der Waals surface area (Å²) in [7, 11) is -1.51. The highest BCUT2D eigenvalue weighted by atomic mass is 32.2. The van der Waals surface area contributed by atoms with Crippen LogP contribution in [0.2, 0.25) is 0 Å². The molecule has 90 valence electrons. The fourth-order valence-corrected chi connectivity index (χ4v) is 1.88. The molecule has 1 atom stereocenters. The molecule has 0 amide bonds. The Morgan fingerprint density at radius 3 is 2.31 bits per heavy atom. The van der Waals surface area contributed by atoms with Crippen molar-refractivity contribution in [2.75, 3.05) is 18.1 Å². The predicted molar refractivity (Wildman–Crippen MR) is 54.1 cm³/mol. The zero-order valence-corrected chi connectivity index (χ0v) is 8.98. The van der Waals surface area contributed by atoms with Crippen LogP contribution in [0.25, 0.3) is 0 Å². The van der Waals surface area contributed by atoms with E-state index in [1.807, 2.05) is 0 Å². The second-order valence-electron chi connectivity index (χ2n) is 2.91. The predicted octanol–water partition coefficient (Wildman–Crippen LogP) is 1.91. The van der Waals surface area contributed by atoms with Gasteiger partial charge in [-0.1, -0.05) is 0 Å². The fourth-order valence-electron chi connectivity index (χ4n) is 0.971. The van der Waals surface area contributed by atoms with E-state index < -0.39 is 23.8 Å². The molecule has 0 saturated carbocycles. The number of ether oxygens (including phenoxy) is 1.